The summed E-state index contributed by atoms with van der Waals surface area (Å²) in [6, 6.07) is 8.52. The molecule has 0 aromatic heterocycles. The van der Waals surface area contributed by atoms with Crippen molar-refractivity contribution in [3.63, 3.8) is 0 Å². The standard InChI is InChI=1S/C20H30N2O2/c1-24-19-15-9-8-14-18(19)21-20(23)22(16-10-4-2-5-11-16)17-12-6-3-7-13-17/h8-9,14-17H,2-7,10-13H2,1H3,(H,21,23). The van der Waals surface area contributed by atoms with Crippen LogP contribution in [0.15, 0.2) is 24.3 Å². The Bertz CT molecular complexity index is 516. The number of amides is 2. The molecule has 3 rings (SSSR count). The highest BCUT2D eigenvalue weighted by Crippen LogP contribution is 2.31. The van der Waals surface area contributed by atoms with Gasteiger partial charge in [-0.2, -0.15) is 0 Å². The zero-order valence-electron chi connectivity index (χ0n) is 14.8. The Hall–Kier alpha value is -1.71. The van der Waals surface area contributed by atoms with Gasteiger partial charge >= 0.3 is 6.03 Å². The van der Waals surface area contributed by atoms with Crippen LogP contribution in [0.25, 0.3) is 0 Å². The molecule has 1 aromatic carbocycles. The van der Waals surface area contributed by atoms with Gasteiger partial charge in [-0.05, 0) is 37.8 Å². The van der Waals surface area contributed by atoms with Crippen LogP contribution in [0, 0.1) is 0 Å². The van der Waals surface area contributed by atoms with Gasteiger partial charge in [-0.1, -0.05) is 50.7 Å². The summed E-state index contributed by atoms with van der Waals surface area (Å²) in [6.45, 7) is 0. The molecule has 1 N–H and O–H groups in total. The van der Waals surface area contributed by atoms with Crippen molar-refractivity contribution < 1.29 is 9.53 Å². The van der Waals surface area contributed by atoms with E-state index in [4.69, 9.17) is 4.74 Å². The molecule has 2 fully saturated rings. The summed E-state index contributed by atoms with van der Waals surface area (Å²) in [4.78, 5) is 15.3. The van der Waals surface area contributed by atoms with E-state index in [-0.39, 0.29) is 6.03 Å². The molecule has 2 saturated carbocycles. The van der Waals surface area contributed by atoms with Crippen molar-refractivity contribution in [3.8, 4) is 5.75 Å². The van der Waals surface area contributed by atoms with Crippen LogP contribution in [0.1, 0.15) is 64.2 Å². The zero-order valence-corrected chi connectivity index (χ0v) is 14.8. The van der Waals surface area contributed by atoms with Crippen molar-refractivity contribution >= 4 is 11.7 Å². The number of urea groups is 1. The van der Waals surface area contributed by atoms with E-state index >= 15 is 0 Å². The topological polar surface area (TPSA) is 41.6 Å². The monoisotopic (exact) mass is 330 g/mol. The first-order valence-electron chi connectivity index (χ1n) is 9.52. The summed E-state index contributed by atoms with van der Waals surface area (Å²) in [7, 11) is 1.64. The number of anilines is 1. The first-order valence-corrected chi connectivity index (χ1v) is 9.52. The number of benzene rings is 1. The van der Waals surface area contributed by atoms with E-state index in [9.17, 15) is 4.79 Å². The van der Waals surface area contributed by atoms with E-state index in [1.165, 1.54) is 38.5 Å². The van der Waals surface area contributed by atoms with Crippen molar-refractivity contribution in [1.82, 2.24) is 4.90 Å². The highest BCUT2D eigenvalue weighted by atomic mass is 16.5. The summed E-state index contributed by atoms with van der Waals surface area (Å²) in [5, 5.41) is 3.12. The van der Waals surface area contributed by atoms with E-state index in [1.54, 1.807) is 7.11 Å². The third kappa shape index (κ3) is 4.03. The van der Waals surface area contributed by atoms with Crippen LogP contribution in [-0.4, -0.2) is 30.1 Å². The minimum absolute atomic E-state index is 0.0540. The second-order valence-corrected chi connectivity index (χ2v) is 7.12. The van der Waals surface area contributed by atoms with E-state index in [2.05, 4.69) is 10.2 Å². The fourth-order valence-corrected chi connectivity index (χ4v) is 4.28. The van der Waals surface area contributed by atoms with Crippen molar-refractivity contribution in [2.24, 2.45) is 0 Å². The maximum atomic E-state index is 13.1. The van der Waals surface area contributed by atoms with Crippen LogP contribution in [0.2, 0.25) is 0 Å². The number of para-hydroxylation sites is 2. The quantitative estimate of drug-likeness (QED) is 0.825. The molecule has 0 aliphatic heterocycles. The maximum absolute atomic E-state index is 13.1. The van der Waals surface area contributed by atoms with Crippen LogP contribution in [-0.2, 0) is 0 Å². The lowest BCUT2D eigenvalue weighted by molar-refractivity contribution is 0.114. The molecule has 24 heavy (non-hydrogen) atoms. The van der Waals surface area contributed by atoms with Gasteiger partial charge < -0.3 is 15.0 Å². The maximum Gasteiger partial charge on any atom is 0.322 e. The predicted molar refractivity (Wildman–Crippen MR) is 97.6 cm³/mol. The van der Waals surface area contributed by atoms with E-state index in [1.807, 2.05) is 24.3 Å². The number of rotatable bonds is 4. The van der Waals surface area contributed by atoms with Crippen LogP contribution < -0.4 is 10.1 Å². The Kier molecular flexibility index (Phi) is 6.00. The molecular weight excluding hydrogens is 300 g/mol. The summed E-state index contributed by atoms with van der Waals surface area (Å²) in [5.41, 5.74) is 0.765. The summed E-state index contributed by atoms with van der Waals surface area (Å²) in [5.74, 6) is 0.720. The molecule has 0 heterocycles. The SMILES string of the molecule is COc1ccccc1NC(=O)N(C1CCCCC1)C1CCCCC1. The Labute approximate surface area is 145 Å². The normalized spacial score (nSPS) is 19.7. The first kappa shape index (κ1) is 17.1. The molecule has 2 amide bonds. The molecule has 0 unspecified atom stereocenters. The van der Waals surface area contributed by atoms with Gasteiger partial charge in [-0.15, -0.1) is 0 Å². The van der Waals surface area contributed by atoms with Gasteiger partial charge in [0.1, 0.15) is 5.75 Å². The van der Waals surface area contributed by atoms with Crippen LogP contribution >= 0.6 is 0 Å². The predicted octanol–water partition coefficient (Wildman–Crippen LogP) is 5.19. The molecular formula is C20H30N2O2. The summed E-state index contributed by atoms with van der Waals surface area (Å²) >= 11 is 0. The van der Waals surface area contributed by atoms with E-state index < -0.39 is 0 Å². The number of hydrogen-bond acceptors (Lipinski definition) is 2. The van der Waals surface area contributed by atoms with Gasteiger partial charge in [0.05, 0.1) is 12.8 Å². The fraction of sp³-hybridized carbons (Fsp3) is 0.650. The Morgan fingerprint density at radius 1 is 0.958 bits per heavy atom. The molecule has 0 atom stereocenters. The minimum atomic E-state index is 0.0540. The average Bonchev–Trinajstić information content (AvgIpc) is 2.64. The van der Waals surface area contributed by atoms with Gasteiger partial charge in [0.25, 0.3) is 0 Å². The van der Waals surface area contributed by atoms with Crippen molar-refractivity contribution in [2.45, 2.75) is 76.3 Å². The average molecular weight is 330 g/mol. The second-order valence-electron chi connectivity index (χ2n) is 7.12. The fourth-order valence-electron chi connectivity index (χ4n) is 4.28. The van der Waals surface area contributed by atoms with Crippen LogP contribution in [0.5, 0.6) is 5.75 Å². The number of carbonyl (C=O) groups excluding carboxylic acids is 1. The highest BCUT2D eigenvalue weighted by Gasteiger charge is 2.32. The molecule has 0 radical (unpaired) electrons. The number of nitrogens with one attached hydrogen (secondary N) is 1. The minimum Gasteiger partial charge on any atom is -0.495 e. The second kappa shape index (κ2) is 8.41. The lowest BCUT2D eigenvalue weighted by Crippen LogP contribution is -2.50. The first-order chi connectivity index (χ1) is 11.8. The molecule has 0 bridgehead atoms. The third-order valence-electron chi connectivity index (χ3n) is 5.52. The van der Waals surface area contributed by atoms with Crippen molar-refractivity contribution in [3.05, 3.63) is 24.3 Å². The van der Waals surface area contributed by atoms with E-state index in [0.717, 1.165) is 37.1 Å². The zero-order chi connectivity index (χ0) is 16.8. The number of carbonyl (C=O) groups is 1. The Morgan fingerprint density at radius 2 is 1.50 bits per heavy atom. The number of methoxy groups -OCH3 is 1. The number of nitrogens with zero attached hydrogens (tertiary/aromatic N) is 1. The van der Waals surface area contributed by atoms with Crippen molar-refractivity contribution in [1.29, 1.82) is 0 Å². The van der Waals surface area contributed by atoms with Crippen molar-refractivity contribution in [2.75, 3.05) is 12.4 Å². The van der Waals surface area contributed by atoms with Gasteiger partial charge in [-0.25, -0.2) is 4.79 Å². The lowest BCUT2D eigenvalue weighted by atomic mass is 9.89. The molecule has 132 valence electrons. The molecule has 1 aromatic rings. The number of ether oxygens (including phenoxy) is 1. The molecule has 0 spiro atoms. The lowest BCUT2D eigenvalue weighted by Gasteiger charge is -2.41. The van der Waals surface area contributed by atoms with Crippen LogP contribution in [0.4, 0.5) is 10.5 Å². The third-order valence-corrected chi connectivity index (χ3v) is 5.52. The Balaban J connectivity index is 1.76. The molecule has 0 saturated heterocycles. The van der Waals surface area contributed by atoms with Gasteiger partial charge in [0.15, 0.2) is 0 Å². The van der Waals surface area contributed by atoms with Gasteiger partial charge in [0.2, 0.25) is 0 Å². The molecule has 2 aliphatic carbocycles. The Morgan fingerprint density at radius 3 is 2.04 bits per heavy atom. The summed E-state index contributed by atoms with van der Waals surface area (Å²) < 4.78 is 5.38. The molecule has 4 heteroatoms. The summed E-state index contributed by atoms with van der Waals surface area (Å²) in [6.07, 6.45) is 12.2. The van der Waals surface area contributed by atoms with Crippen LogP contribution in [0.3, 0.4) is 0 Å². The molecule has 4 nitrogen and oxygen atoms in total. The number of hydrogen-bond donors (Lipinski definition) is 1. The molecule has 2 aliphatic rings. The smallest absolute Gasteiger partial charge is 0.322 e. The largest absolute Gasteiger partial charge is 0.495 e. The highest BCUT2D eigenvalue weighted by molar-refractivity contribution is 5.91. The van der Waals surface area contributed by atoms with E-state index in [0.29, 0.717) is 12.1 Å². The van der Waals surface area contributed by atoms with Gasteiger partial charge in [-0.3, -0.25) is 0 Å². The van der Waals surface area contributed by atoms with Gasteiger partial charge in [0, 0.05) is 12.1 Å².